The van der Waals surface area contributed by atoms with Crippen LogP contribution in [0.4, 0.5) is 0 Å². The van der Waals surface area contributed by atoms with Gasteiger partial charge >= 0.3 is 0 Å². The summed E-state index contributed by atoms with van der Waals surface area (Å²) in [6, 6.07) is 13.9. The molecule has 0 saturated carbocycles. The molecule has 1 fully saturated rings. The Morgan fingerprint density at radius 2 is 1.80 bits per heavy atom. The van der Waals surface area contributed by atoms with Gasteiger partial charge in [0, 0.05) is 13.1 Å². The van der Waals surface area contributed by atoms with Gasteiger partial charge in [-0.25, -0.2) is 8.42 Å². The number of nitrogens with zero attached hydrogens (tertiary/aromatic N) is 1. The number of amides is 1. The van der Waals surface area contributed by atoms with Crippen molar-refractivity contribution in [3.63, 3.8) is 0 Å². The van der Waals surface area contributed by atoms with E-state index in [1.165, 1.54) is 4.31 Å². The van der Waals surface area contributed by atoms with Crippen LogP contribution in [0.5, 0.6) is 11.5 Å². The van der Waals surface area contributed by atoms with Gasteiger partial charge in [-0.3, -0.25) is 4.79 Å². The SMILES string of the molecule is Cc1cccc(O[C@@H](C)C(=O)NCCOc2ccc(S(=O)(=O)N3CCCC3)cc2)c1. The molecular weight excluding hydrogens is 404 g/mol. The number of nitrogens with one attached hydrogen (secondary N) is 1. The molecule has 1 aliphatic heterocycles. The Hall–Kier alpha value is -2.58. The third-order valence-electron chi connectivity index (χ3n) is 4.87. The molecule has 1 atom stereocenters. The predicted octanol–water partition coefficient (Wildman–Crippen LogP) is 2.74. The van der Waals surface area contributed by atoms with Crippen LogP contribution in [0.3, 0.4) is 0 Å². The number of hydrogen-bond donors (Lipinski definition) is 1. The molecule has 7 nitrogen and oxygen atoms in total. The molecule has 1 amide bonds. The van der Waals surface area contributed by atoms with E-state index in [4.69, 9.17) is 9.47 Å². The summed E-state index contributed by atoms with van der Waals surface area (Å²) in [5.74, 6) is 0.971. The Bertz CT molecular complexity index is 954. The number of rotatable bonds is 9. The van der Waals surface area contributed by atoms with Crippen molar-refractivity contribution in [1.29, 1.82) is 0 Å². The van der Waals surface area contributed by atoms with E-state index in [1.807, 2.05) is 31.2 Å². The van der Waals surface area contributed by atoms with E-state index < -0.39 is 16.1 Å². The van der Waals surface area contributed by atoms with Gasteiger partial charge in [0.25, 0.3) is 5.91 Å². The van der Waals surface area contributed by atoms with Gasteiger partial charge in [0.1, 0.15) is 18.1 Å². The van der Waals surface area contributed by atoms with Gasteiger partial charge in [0.2, 0.25) is 10.0 Å². The Kier molecular flexibility index (Phi) is 7.33. The lowest BCUT2D eigenvalue weighted by atomic mass is 10.2. The molecule has 2 aromatic rings. The lowest BCUT2D eigenvalue weighted by Crippen LogP contribution is -2.38. The summed E-state index contributed by atoms with van der Waals surface area (Å²) in [5.41, 5.74) is 1.06. The molecule has 3 rings (SSSR count). The summed E-state index contributed by atoms with van der Waals surface area (Å²) < 4.78 is 37.8. The standard InChI is InChI=1S/C22H28N2O5S/c1-17-6-5-7-20(16-17)29-18(2)22(25)23-12-15-28-19-8-10-21(11-9-19)30(26,27)24-13-3-4-14-24/h5-11,16,18H,3-4,12-15H2,1-2H3,(H,23,25)/t18-/m0/s1. The first-order valence-corrected chi connectivity index (χ1v) is 11.5. The van der Waals surface area contributed by atoms with Gasteiger partial charge in [-0.15, -0.1) is 0 Å². The molecule has 0 spiro atoms. The summed E-state index contributed by atoms with van der Waals surface area (Å²) in [7, 11) is -3.42. The predicted molar refractivity (Wildman–Crippen MR) is 114 cm³/mol. The van der Waals surface area contributed by atoms with Gasteiger partial charge in [-0.05, 0) is 68.7 Å². The molecule has 1 aliphatic rings. The molecule has 0 radical (unpaired) electrons. The molecule has 0 bridgehead atoms. The molecule has 0 unspecified atom stereocenters. The minimum Gasteiger partial charge on any atom is -0.492 e. The Morgan fingerprint density at radius 3 is 2.47 bits per heavy atom. The number of aryl methyl sites for hydroxylation is 1. The maximum Gasteiger partial charge on any atom is 0.260 e. The highest BCUT2D eigenvalue weighted by molar-refractivity contribution is 7.89. The van der Waals surface area contributed by atoms with Crippen molar-refractivity contribution in [1.82, 2.24) is 9.62 Å². The Morgan fingerprint density at radius 1 is 1.10 bits per heavy atom. The third kappa shape index (κ3) is 5.73. The van der Waals surface area contributed by atoms with E-state index in [1.54, 1.807) is 31.2 Å². The van der Waals surface area contributed by atoms with Gasteiger partial charge < -0.3 is 14.8 Å². The minimum absolute atomic E-state index is 0.229. The van der Waals surface area contributed by atoms with Gasteiger partial charge in [-0.2, -0.15) is 4.31 Å². The number of ether oxygens (including phenoxy) is 2. The second-order valence-corrected chi connectivity index (χ2v) is 9.24. The fourth-order valence-electron chi connectivity index (χ4n) is 3.22. The summed E-state index contributed by atoms with van der Waals surface area (Å²) in [4.78, 5) is 12.4. The Labute approximate surface area is 178 Å². The number of sulfonamides is 1. The number of benzene rings is 2. The van der Waals surface area contributed by atoms with E-state index in [0.717, 1.165) is 18.4 Å². The average Bonchev–Trinajstić information content (AvgIpc) is 3.27. The maximum atomic E-state index is 12.5. The van der Waals surface area contributed by atoms with Crippen molar-refractivity contribution in [3.05, 3.63) is 54.1 Å². The molecule has 2 aromatic carbocycles. The first kappa shape index (κ1) is 22.1. The molecule has 8 heteroatoms. The smallest absolute Gasteiger partial charge is 0.260 e. The van der Waals surface area contributed by atoms with Crippen LogP contribution < -0.4 is 14.8 Å². The molecule has 1 heterocycles. The molecule has 0 aliphatic carbocycles. The van der Waals surface area contributed by atoms with Crippen molar-refractivity contribution < 1.29 is 22.7 Å². The average molecular weight is 433 g/mol. The van der Waals surface area contributed by atoms with Crippen LogP contribution in [0.15, 0.2) is 53.4 Å². The maximum absolute atomic E-state index is 12.5. The summed E-state index contributed by atoms with van der Waals surface area (Å²) in [6.07, 6.45) is 1.18. The van der Waals surface area contributed by atoms with Crippen molar-refractivity contribution >= 4 is 15.9 Å². The van der Waals surface area contributed by atoms with Crippen molar-refractivity contribution in [2.24, 2.45) is 0 Å². The highest BCUT2D eigenvalue weighted by Gasteiger charge is 2.26. The highest BCUT2D eigenvalue weighted by Crippen LogP contribution is 2.22. The molecular formula is C22H28N2O5S. The molecule has 162 valence electrons. The normalized spacial score (nSPS) is 15.5. The van der Waals surface area contributed by atoms with Crippen molar-refractivity contribution in [2.45, 2.75) is 37.7 Å². The molecule has 1 N–H and O–H groups in total. The largest absolute Gasteiger partial charge is 0.492 e. The molecule has 0 aromatic heterocycles. The van der Waals surface area contributed by atoms with Crippen LogP contribution in [0.2, 0.25) is 0 Å². The summed E-state index contributed by atoms with van der Waals surface area (Å²) in [5, 5.41) is 2.77. The quantitative estimate of drug-likeness (QED) is 0.616. The van der Waals surface area contributed by atoms with Crippen LogP contribution in [-0.4, -0.2) is 51.0 Å². The summed E-state index contributed by atoms with van der Waals surface area (Å²) >= 11 is 0. The summed E-state index contributed by atoms with van der Waals surface area (Å²) in [6.45, 7) is 5.38. The first-order chi connectivity index (χ1) is 14.4. The minimum atomic E-state index is -3.42. The Balaban J connectivity index is 1.42. The van der Waals surface area contributed by atoms with Crippen LogP contribution in [0, 0.1) is 6.92 Å². The number of hydrogen-bond acceptors (Lipinski definition) is 5. The fraction of sp³-hybridized carbons (Fsp3) is 0.409. The van der Waals surface area contributed by atoms with Crippen LogP contribution in [-0.2, 0) is 14.8 Å². The topological polar surface area (TPSA) is 84.9 Å². The third-order valence-corrected chi connectivity index (χ3v) is 6.78. The highest BCUT2D eigenvalue weighted by atomic mass is 32.2. The zero-order valence-corrected chi connectivity index (χ0v) is 18.2. The van der Waals surface area contributed by atoms with Crippen molar-refractivity contribution in [2.75, 3.05) is 26.2 Å². The van der Waals surface area contributed by atoms with Gasteiger partial charge in [0.15, 0.2) is 6.10 Å². The van der Waals surface area contributed by atoms with E-state index in [0.29, 0.717) is 31.1 Å². The van der Waals surface area contributed by atoms with Crippen molar-refractivity contribution in [3.8, 4) is 11.5 Å². The van der Waals surface area contributed by atoms with Gasteiger partial charge in [-0.1, -0.05) is 12.1 Å². The lowest BCUT2D eigenvalue weighted by Gasteiger charge is -2.16. The number of carbonyl (C=O) groups excluding carboxylic acids is 1. The molecule has 1 saturated heterocycles. The van der Waals surface area contributed by atoms with Crippen LogP contribution in [0.1, 0.15) is 25.3 Å². The first-order valence-electron chi connectivity index (χ1n) is 10.1. The molecule has 30 heavy (non-hydrogen) atoms. The van der Waals surface area contributed by atoms with Gasteiger partial charge in [0.05, 0.1) is 11.4 Å². The van der Waals surface area contributed by atoms with E-state index in [2.05, 4.69) is 5.32 Å². The van der Waals surface area contributed by atoms with Crippen LogP contribution >= 0.6 is 0 Å². The van der Waals surface area contributed by atoms with E-state index in [9.17, 15) is 13.2 Å². The second-order valence-electron chi connectivity index (χ2n) is 7.30. The fourth-order valence-corrected chi connectivity index (χ4v) is 4.74. The van der Waals surface area contributed by atoms with E-state index >= 15 is 0 Å². The second kappa shape index (κ2) is 9.95. The van der Waals surface area contributed by atoms with E-state index in [-0.39, 0.29) is 17.4 Å². The monoisotopic (exact) mass is 432 g/mol. The zero-order valence-electron chi connectivity index (χ0n) is 17.3. The van der Waals surface area contributed by atoms with Crippen LogP contribution in [0.25, 0.3) is 0 Å². The number of carbonyl (C=O) groups is 1. The zero-order chi connectivity index (χ0) is 21.6. The lowest BCUT2D eigenvalue weighted by molar-refractivity contribution is -0.127.